The molecular weight excluding hydrogens is 426 g/mol. The molecule has 34 heavy (non-hydrogen) atoms. The van der Waals surface area contributed by atoms with Gasteiger partial charge in [0.25, 0.3) is 5.56 Å². The number of aryl methyl sites for hydroxylation is 1. The average Bonchev–Trinajstić information content (AvgIpc) is 3.17. The van der Waals surface area contributed by atoms with Crippen molar-refractivity contribution in [1.82, 2.24) is 24.1 Å². The molecule has 0 radical (unpaired) electrons. The standard InChI is InChI=1S/C27H29N5O2/c1-4-5-6-7-10-17-31-18(2)28-25-23(27(31)33)24-26(30-22-12-9-8-11-21(22)29-24)32(25)19-13-15-20(34-3)16-14-19/h8-9,11-16H,4-7,10,17H2,1-3H3. The van der Waals surface area contributed by atoms with Crippen molar-refractivity contribution in [2.75, 3.05) is 7.11 Å². The second-order valence-corrected chi connectivity index (χ2v) is 8.65. The molecule has 7 nitrogen and oxygen atoms in total. The van der Waals surface area contributed by atoms with Gasteiger partial charge < -0.3 is 4.74 Å². The summed E-state index contributed by atoms with van der Waals surface area (Å²) in [6.45, 7) is 4.77. The number of aromatic nitrogens is 5. The molecule has 5 aromatic rings. The Morgan fingerprint density at radius 3 is 2.26 bits per heavy atom. The SMILES string of the molecule is CCCCCCCn1c(C)nc2c(c1=O)c1nc3ccccc3nc1n2-c1ccc(OC)cc1. The molecule has 0 spiro atoms. The van der Waals surface area contributed by atoms with Crippen LogP contribution in [0.3, 0.4) is 0 Å². The summed E-state index contributed by atoms with van der Waals surface area (Å²) in [5.41, 5.74) is 4.13. The van der Waals surface area contributed by atoms with Crippen molar-refractivity contribution in [1.29, 1.82) is 0 Å². The van der Waals surface area contributed by atoms with E-state index in [1.807, 2.05) is 60.0 Å². The quantitative estimate of drug-likeness (QED) is 0.286. The topological polar surface area (TPSA) is 74.8 Å². The Morgan fingerprint density at radius 1 is 0.853 bits per heavy atom. The van der Waals surface area contributed by atoms with Gasteiger partial charge in [0.2, 0.25) is 0 Å². The van der Waals surface area contributed by atoms with Crippen LogP contribution >= 0.6 is 0 Å². The fourth-order valence-electron chi connectivity index (χ4n) is 4.54. The number of unbranched alkanes of at least 4 members (excludes halogenated alkanes) is 4. The maximum atomic E-state index is 13.8. The van der Waals surface area contributed by atoms with Crippen molar-refractivity contribution < 1.29 is 4.74 Å². The number of ether oxygens (including phenoxy) is 1. The Bertz CT molecular complexity index is 1530. The number of fused-ring (bicyclic) bond motifs is 4. The third kappa shape index (κ3) is 3.81. The molecule has 3 aromatic heterocycles. The van der Waals surface area contributed by atoms with E-state index in [1.165, 1.54) is 19.3 Å². The first-order chi connectivity index (χ1) is 16.6. The largest absolute Gasteiger partial charge is 0.497 e. The van der Waals surface area contributed by atoms with Gasteiger partial charge >= 0.3 is 0 Å². The number of para-hydroxylation sites is 2. The van der Waals surface area contributed by atoms with E-state index in [0.29, 0.717) is 34.6 Å². The van der Waals surface area contributed by atoms with Gasteiger partial charge in [-0.15, -0.1) is 0 Å². The number of benzene rings is 2. The number of nitrogens with zero attached hydrogens (tertiary/aromatic N) is 5. The second-order valence-electron chi connectivity index (χ2n) is 8.65. The summed E-state index contributed by atoms with van der Waals surface area (Å²) in [5, 5.41) is 0.517. The van der Waals surface area contributed by atoms with Crippen LogP contribution in [0.2, 0.25) is 0 Å². The van der Waals surface area contributed by atoms with Crippen molar-refractivity contribution >= 4 is 33.2 Å². The van der Waals surface area contributed by atoms with Gasteiger partial charge in [-0.2, -0.15) is 0 Å². The van der Waals surface area contributed by atoms with Crippen LogP contribution in [0.15, 0.2) is 53.3 Å². The van der Waals surface area contributed by atoms with Gasteiger partial charge in [0.15, 0.2) is 11.3 Å². The van der Waals surface area contributed by atoms with Gasteiger partial charge in [0.1, 0.15) is 22.5 Å². The Morgan fingerprint density at radius 2 is 1.56 bits per heavy atom. The summed E-state index contributed by atoms with van der Waals surface area (Å²) in [7, 11) is 1.64. The van der Waals surface area contributed by atoms with Crippen LogP contribution in [0.5, 0.6) is 5.75 Å². The van der Waals surface area contributed by atoms with Gasteiger partial charge in [-0.1, -0.05) is 44.7 Å². The third-order valence-electron chi connectivity index (χ3n) is 6.37. The first kappa shape index (κ1) is 22.1. The van der Waals surface area contributed by atoms with Crippen LogP contribution in [-0.2, 0) is 6.54 Å². The van der Waals surface area contributed by atoms with E-state index in [0.717, 1.165) is 35.3 Å². The normalized spacial score (nSPS) is 11.6. The van der Waals surface area contributed by atoms with E-state index >= 15 is 0 Å². The van der Waals surface area contributed by atoms with Gasteiger partial charge in [-0.25, -0.2) is 15.0 Å². The smallest absolute Gasteiger partial charge is 0.265 e. The maximum Gasteiger partial charge on any atom is 0.265 e. The predicted molar refractivity (Wildman–Crippen MR) is 136 cm³/mol. The zero-order chi connectivity index (χ0) is 23.7. The minimum Gasteiger partial charge on any atom is -0.497 e. The van der Waals surface area contributed by atoms with E-state index in [9.17, 15) is 4.79 Å². The van der Waals surface area contributed by atoms with E-state index < -0.39 is 0 Å². The van der Waals surface area contributed by atoms with Crippen molar-refractivity contribution in [2.24, 2.45) is 0 Å². The highest BCUT2D eigenvalue weighted by Gasteiger charge is 2.22. The lowest BCUT2D eigenvalue weighted by molar-refractivity contribution is 0.415. The van der Waals surface area contributed by atoms with Crippen LogP contribution in [0.25, 0.3) is 38.9 Å². The molecule has 0 aliphatic heterocycles. The van der Waals surface area contributed by atoms with Crippen LogP contribution in [0.4, 0.5) is 0 Å². The summed E-state index contributed by atoms with van der Waals surface area (Å²) in [6.07, 6.45) is 5.68. The first-order valence-corrected chi connectivity index (χ1v) is 11.9. The highest BCUT2D eigenvalue weighted by atomic mass is 16.5. The van der Waals surface area contributed by atoms with Gasteiger partial charge in [0.05, 0.1) is 18.1 Å². The van der Waals surface area contributed by atoms with Gasteiger partial charge in [-0.3, -0.25) is 13.9 Å². The van der Waals surface area contributed by atoms with Crippen molar-refractivity contribution in [3.8, 4) is 11.4 Å². The number of hydrogen-bond donors (Lipinski definition) is 0. The van der Waals surface area contributed by atoms with E-state index in [4.69, 9.17) is 19.7 Å². The molecule has 2 aromatic carbocycles. The molecule has 0 N–H and O–H groups in total. The molecule has 0 unspecified atom stereocenters. The Hall–Kier alpha value is -3.74. The molecule has 0 amide bonds. The molecule has 3 heterocycles. The lowest BCUT2D eigenvalue weighted by Crippen LogP contribution is -2.24. The van der Waals surface area contributed by atoms with Crippen molar-refractivity contribution in [3.63, 3.8) is 0 Å². The lowest BCUT2D eigenvalue weighted by atomic mass is 10.1. The molecule has 7 heteroatoms. The predicted octanol–water partition coefficient (Wildman–Crippen LogP) is 5.57. The molecule has 0 aliphatic rings. The maximum absolute atomic E-state index is 13.8. The minimum atomic E-state index is -0.0557. The molecule has 0 atom stereocenters. The van der Waals surface area contributed by atoms with Crippen molar-refractivity contribution in [3.05, 3.63) is 64.7 Å². The molecule has 0 fully saturated rings. The fraction of sp³-hybridized carbons (Fsp3) is 0.333. The molecule has 0 saturated heterocycles. The first-order valence-electron chi connectivity index (χ1n) is 11.9. The molecular formula is C27H29N5O2. The minimum absolute atomic E-state index is 0.0557. The van der Waals surface area contributed by atoms with E-state index in [-0.39, 0.29) is 5.56 Å². The van der Waals surface area contributed by atoms with Gasteiger partial charge in [-0.05, 0) is 49.7 Å². The summed E-state index contributed by atoms with van der Waals surface area (Å²) in [5.74, 6) is 1.46. The highest BCUT2D eigenvalue weighted by molar-refractivity contribution is 6.05. The van der Waals surface area contributed by atoms with Crippen LogP contribution in [-0.4, -0.2) is 31.2 Å². The van der Waals surface area contributed by atoms with Crippen LogP contribution < -0.4 is 10.3 Å². The highest BCUT2D eigenvalue weighted by Crippen LogP contribution is 2.29. The summed E-state index contributed by atoms with van der Waals surface area (Å²) >= 11 is 0. The molecule has 174 valence electrons. The zero-order valence-corrected chi connectivity index (χ0v) is 19.9. The number of rotatable bonds is 8. The molecule has 0 aliphatic carbocycles. The fourth-order valence-corrected chi connectivity index (χ4v) is 4.54. The van der Waals surface area contributed by atoms with E-state index in [2.05, 4.69) is 6.92 Å². The molecule has 0 bridgehead atoms. The molecule has 5 rings (SSSR count). The number of methoxy groups -OCH3 is 1. The van der Waals surface area contributed by atoms with Crippen molar-refractivity contribution in [2.45, 2.75) is 52.5 Å². The zero-order valence-electron chi connectivity index (χ0n) is 19.9. The lowest BCUT2D eigenvalue weighted by Gasteiger charge is -2.11. The van der Waals surface area contributed by atoms with Crippen LogP contribution in [0.1, 0.15) is 44.9 Å². The summed E-state index contributed by atoms with van der Waals surface area (Å²) in [4.78, 5) is 28.5. The second kappa shape index (κ2) is 9.25. The van der Waals surface area contributed by atoms with Gasteiger partial charge in [0, 0.05) is 12.2 Å². The Kier molecular flexibility index (Phi) is 6.01. The van der Waals surface area contributed by atoms with E-state index in [1.54, 1.807) is 11.7 Å². The summed E-state index contributed by atoms with van der Waals surface area (Å²) < 4.78 is 9.06. The Labute approximate surface area is 198 Å². The third-order valence-corrected chi connectivity index (χ3v) is 6.37. The number of hydrogen-bond acceptors (Lipinski definition) is 5. The monoisotopic (exact) mass is 455 g/mol. The Balaban J connectivity index is 1.75. The summed E-state index contributed by atoms with van der Waals surface area (Å²) in [6, 6.07) is 15.4. The van der Waals surface area contributed by atoms with Crippen LogP contribution in [0, 0.1) is 6.92 Å². The average molecular weight is 456 g/mol. The molecule has 0 saturated carbocycles.